The normalized spacial score (nSPS) is 10.3. The Hall–Kier alpha value is -1.51. The molecule has 0 saturated carbocycles. The van der Waals surface area contributed by atoms with E-state index in [0.29, 0.717) is 28.5 Å². The van der Waals surface area contributed by atoms with E-state index in [2.05, 4.69) is 0 Å². The monoisotopic (exact) mass is 308 g/mol. The molecular weight excluding hydrogens is 295 g/mol. The molecule has 0 bridgehead atoms. The van der Waals surface area contributed by atoms with Gasteiger partial charge in [-0.05, 0) is 36.2 Å². The van der Waals surface area contributed by atoms with Crippen LogP contribution in [-0.4, -0.2) is 12.9 Å². The first kappa shape index (κ1) is 14.9. The molecule has 4 heteroatoms. The number of benzene rings is 2. The van der Waals surface area contributed by atoms with Gasteiger partial charge in [0.1, 0.15) is 5.75 Å². The molecule has 0 spiro atoms. The summed E-state index contributed by atoms with van der Waals surface area (Å²) in [6.45, 7) is 0. The number of rotatable bonds is 5. The minimum absolute atomic E-state index is 0.0246. The quantitative estimate of drug-likeness (QED) is 0.740. The molecule has 0 saturated heterocycles. The number of halogens is 2. The van der Waals surface area contributed by atoms with Crippen LogP contribution in [0.3, 0.4) is 0 Å². The average Bonchev–Trinajstić information content (AvgIpc) is 2.47. The summed E-state index contributed by atoms with van der Waals surface area (Å²) < 4.78 is 5.27. The highest BCUT2D eigenvalue weighted by atomic mass is 35.5. The zero-order chi connectivity index (χ0) is 14.5. The van der Waals surface area contributed by atoms with Gasteiger partial charge < -0.3 is 4.74 Å². The Labute approximate surface area is 128 Å². The number of ketones is 1. The van der Waals surface area contributed by atoms with Crippen LogP contribution in [0.25, 0.3) is 0 Å². The molecule has 0 amide bonds. The first-order valence-electron chi connectivity index (χ1n) is 6.22. The molecule has 0 aliphatic carbocycles. The van der Waals surface area contributed by atoms with Crippen molar-refractivity contribution >= 4 is 29.0 Å². The third-order valence-electron chi connectivity index (χ3n) is 3.04. The smallest absolute Gasteiger partial charge is 0.164 e. The van der Waals surface area contributed by atoms with Crippen molar-refractivity contribution in [3.8, 4) is 5.75 Å². The maximum absolute atomic E-state index is 12.2. The zero-order valence-corrected chi connectivity index (χ0v) is 12.5. The molecule has 104 valence electrons. The Morgan fingerprint density at radius 1 is 1.15 bits per heavy atom. The lowest BCUT2D eigenvalue weighted by atomic mass is 10.0. The molecule has 0 heterocycles. The number of Topliss-reactive ketones (excluding diaryl/α,β-unsaturated/α-hetero) is 1. The Kier molecular flexibility index (Phi) is 5.05. The molecule has 2 aromatic rings. The van der Waals surface area contributed by atoms with Gasteiger partial charge in [-0.15, -0.1) is 0 Å². The average molecular weight is 309 g/mol. The Morgan fingerprint density at radius 3 is 2.65 bits per heavy atom. The van der Waals surface area contributed by atoms with E-state index >= 15 is 0 Å². The number of carbonyl (C=O) groups excluding carboxylic acids is 1. The van der Waals surface area contributed by atoms with Crippen molar-refractivity contribution in [1.82, 2.24) is 0 Å². The van der Waals surface area contributed by atoms with Crippen LogP contribution in [0, 0.1) is 0 Å². The van der Waals surface area contributed by atoms with Gasteiger partial charge in [0, 0.05) is 17.0 Å². The Bertz CT molecular complexity index is 624. The second-order valence-electron chi connectivity index (χ2n) is 4.36. The lowest BCUT2D eigenvalue weighted by molar-refractivity contribution is 0.0983. The minimum atomic E-state index is -0.0246. The zero-order valence-electron chi connectivity index (χ0n) is 11.0. The Balaban J connectivity index is 2.11. The molecular formula is C16H14Cl2O2. The van der Waals surface area contributed by atoms with Crippen molar-refractivity contribution in [3.63, 3.8) is 0 Å². The van der Waals surface area contributed by atoms with Gasteiger partial charge in [0.15, 0.2) is 5.78 Å². The van der Waals surface area contributed by atoms with E-state index in [0.717, 1.165) is 11.3 Å². The number of hydrogen-bond acceptors (Lipinski definition) is 2. The highest BCUT2D eigenvalue weighted by molar-refractivity contribution is 6.35. The topological polar surface area (TPSA) is 26.3 Å². The second kappa shape index (κ2) is 6.78. The van der Waals surface area contributed by atoms with E-state index in [9.17, 15) is 4.79 Å². The molecule has 0 fully saturated rings. The molecule has 0 unspecified atom stereocenters. The number of aryl methyl sites for hydroxylation is 1. The maximum atomic E-state index is 12.2. The van der Waals surface area contributed by atoms with E-state index in [-0.39, 0.29) is 5.78 Å². The molecule has 0 N–H and O–H groups in total. The van der Waals surface area contributed by atoms with Crippen molar-refractivity contribution < 1.29 is 9.53 Å². The number of ether oxygens (including phenoxy) is 1. The third-order valence-corrected chi connectivity index (χ3v) is 3.61. The van der Waals surface area contributed by atoms with Gasteiger partial charge in [-0.3, -0.25) is 4.79 Å². The summed E-state index contributed by atoms with van der Waals surface area (Å²) in [5.74, 6) is 0.765. The van der Waals surface area contributed by atoms with Crippen LogP contribution in [0.4, 0.5) is 0 Å². The minimum Gasteiger partial charge on any atom is -0.496 e. The summed E-state index contributed by atoms with van der Waals surface area (Å²) in [5, 5.41) is 0.939. The van der Waals surface area contributed by atoms with Crippen LogP contribution in [0.1, 0.15) is 22.3 Å². The number of para-hydroxylation sites is 1. The van der Waals surface area contributed by atoms with Gasteiger partial charge in [0.05, 0.1) is 12.1 Å². The molecule has 0 radical (unpaired) electrons. The second-order valence-corrected chi connectivity index (χ2v) is 5.20. The van der Waals surface area contributed by atoms with Gasteiger partial charge in [0.2, 0.25) is 0 Å². The maximum Gasteiger partial charge on any atom is 0.164 e. The number of carbonyl (C=O) groups is 1. The predicted octanol–water partition coefficient (Wildman–Crippen LogP) is 4.82. The van der Waals surface area contributed by atoms with E-state index in [1.807, 2.05) is 24.3 Å². The van der Waals surface area contributed by atoms with Crippen LogP contribution in [0.5, 0.6) is 5.75 Å². The lowest BCUT2D eigenvalue weighted by Crippen LogP contribution is -2.03. The molecule has 2 nitrogen and oxygen atoms in total. The van der Waals surface area contributed by atoms with Crippen molar-refractivity contribution in [3.05, 3.63) is 63.6 Å². The van der Waals surface area contributed by atoms with Crippen LogP contribution < -0.4 is 4.74 Å². The summed E-state index contributed by atoms with van der Waals surface area (Å²) in [4.78, 5) is 12.2. The molecule has 0 atom stereocenters. The largest absolute Gasteiger partial charge is 0.496 e. The van der Waals surface area contributed by atoms with Crippen molar-refractivity contribution in [2.45, 2.75) is 12.8 Å². The van der Waals surface area contributed by atoms with E-state index in [1.165, 1.54) is 0 Å². The van der Waals surface area contributed by atoms with Crippen LogP contribution >= 0.6 is 23.2 Å². The summed E-state index contributed by atoms with van der Waals surface area (Å²) in [7, 11) is 1.62. The third kappa shape index (κ3) is 3.53. The summed E-state index contributed by atoms with van der Waals surface area (Å²) in [5.41, 5.74) is 1.47. The van der Waals surface area contributed by atoms with E-state index < -0.39 is 0 Å². The molecule has 0 aliphatic rings. The summed E-state index contributed by atoms with van der Waals surface area (Å²) >= 11 is 11.9. The van der Waals surface area contributed by atoms with Gasteiger partial charge in [-0.25, -0.2) is 0 Å². The number of hydrogen-bond donors (Lipinski definition) is 0. The summed E-state index contributed by atoms with van der Waals surface area (Å²) in [6.07, 6.45) is 0.964. The summed E-state index contributed by atoms with van der Waals surface area (Å²) in [6, 6.07) is 12.6. The molecule has 2 rings (SSSR count). The fraction of sp³-hybridized carbons (Fsp3) is 0.188. The van der Waals surface area contributed by atoms with E-state index in [4.69, 9.17) is 27.9 Å². The van der Waals surface area contributed by atoms with Gasteiger partial charge >= 0.3 is 0 Å². The van der Waals surface area contributed by atoms with Crippen LogP contribution in [0.2, 0.25) is 10.0 Å². The highest BCUT2D eigenvalue weighted by Crippen LogP contribution is 2.24. The standard InChI is InChI=1S/C16H14Cl2O2/c1-20-16-5-3-2-4-11(16)6-9-15(19)13-10-12(17)7-8-14(13)18/h2-5,7-8,10H,6,9H2,1H3. The predicted molar refractivity (Wildman–Crippen MR) is 82.1 cm³/mol. The van der Waals surface area contributed by atoms with E-state index in [1.54, 1.807) is 25.3 Å². The molecule has 2 aromatic carbocycles. The fourth-order valence-corrected chi connectivity index (χ4v) is 2.40. The number of methoxy groups -OCH3 is 1. The molecule has 0 aliphatic heterocycles. The highest BCUT2D eigenvalue weighted by Gasteiger charge is 2.12. The first-order valence-corrected chi connectivity index (χ1v) is 6.97. The van der Waals surface area contributed by atoms with Gasteiger partial charge in [-0.2, -0.15) is 0 Å². The van der Waals surface area contributed by atoms with Crippen molar-refractivity contribution in [2.24, 2.45) is 0 Å². The van der Waals surface area contributed by atoms with Gasteiger partial charge in [-0.1, -0.05) is 41.4 Å². The fourth-order valence-electron chi connectivity index (χ4n) is 2.00. The van der Waals surface area contributed by atoms with Crippen molar-refractivity contribution in [2.75, 3.05) is 7.11 Å². The molecule has 20 heavy (non-hydrogen) atoms. The van der Waals surface area contributed by atoms with Crippen LogP contribution in [0.15, 0.2) is 42.5 Å². The van der Waals surface area contributed by atoms with Gasteiger partial charge in [0.25, 0.3) is 0 Å². The van der Waals surface area contributed by atoms with Crippen molar-refractivity contribution in [1.29, 1.82) is 0 Å². The first-order chi connectivity index (χ1) is 9.61. The Morgan fingerprint density at radius 2 is 1.90 bits per heavy atom. The lowest BCUT2D eigenvalue weighted by Gasteiger charge is -2.08. The van der Waals surface area contributed by atoms with Crippen LogP contribution in [-0.2, 0) is 6.42 Å². The molecule has 0 aromatic heterocycles. The SMILES string of the molecule is COc1ccccc1CCC(=O)c1cc(Cl)ccc1Cl.